The van der Waals surface area contributed by atoms with Crippen LogP contribution < -0.4 is 5.73 Å². The number of hydrogen-bond donors (Lipinski definition) is 1. The lowest BCUT2D eigenvalue weighted by Crippen LogP contribution is -2.18. The molecular formula is C16H19N5. The van der Waals surface area contributed by atoms with E-state index in [0.717, 1.165) is 23.2 Å². The van der Waals surface area contributed by atoms with Crippen molar-refractivity contribution in [3.05, 3.63) is 60.1 Å². The van der Waals surface area contributed by atoms with Gasteiger partial charge in [0.05, 0.1) is 0 Å². The Labute approximate surface area is 124 Å². The zero-order chi connectivity index (χ0) is 14.5. The van der Waals surface area contributed by atoms with Gasteiger partial charge >= 0.3 is 0 Å². The zero-order valence-electron chi connectivity index (χ0n) is 11.9. The summed E-state index contributed by atoms with van der Waals surface area (Å²) in [4.78, 5) is 15.4. The first-order valence-corrected chi connectivity index (χ1v) is 7.23. The van der Waals surface area contributed by atoms with Gasteiger partial charge in [-0.05, 0) is 43.6 Å². The van der Waals surface area contributed by atoms with Gasteiger partial charge in [0.15, 0.2) is 5.82 Å². The monoisotopic (exact) mass is 281 g/mol. The highest BCUT2D eigenvalue weighted by atomic mass is 15.1. The van der Waals surface area contributed by atoms with E-state index in [9.17, 15) is 0 Å². The number of hydrogen-bond acceptors (Lipinski definition) is 5. The van der Waals surface area contributed by atoms with Crippen LogP contribution in [0.2, 0.25) is 0 Å². The summed E-state index contributed by atoms with van der Waals surface area (Å²) in [5, 5.41) is 0. The van der Waals surface area contributed by atoms with Crippen molar-refractivity contribution < 1.29 is 0 Å². The molecule has 21 heavy (non-hydrogen) atoms. The molecular weight excluding hydrogens is 262 g/mol. The average molecular weight is 281 g/mol. The van der Waals surface area contributed by atoms with Crippen LogP contribution in [0.4, 0.5) is 0 Å². The first kappa shape index (κ1) is 13.7. The first-order valence-electron chi connectivity index (χ1n) is 7.23. The van der Waals surface area contributed by atoms with Gasteiger partial charge in [0.2, 0.25) is 0 Å². The largest absolute Gasteiger partial charge is 0.404 e. The Kier molecular flexibility index (Phi) is 4.21. The minimum Gasteiger partial charge on any atom is -0.404 e. The van der Waals surface area contributed by atoms with E-state index >= 15 is 0 Å². The van der Waals surface area contributed by atoms with Crippen molar-refractivity contribution in [1.29, 1.82) is 0 Å². The summed E-state index contributed by atoms with van der Waals surface area (Å²) in [7, 11) is 0. The van der Waals surface area contributed by atoms with Gasteiger partial charge in [-0.1, -0.05) is 0 Å². The Hall–Kier alpha value is -2.27. The van der Waals surface area contributed by atoms with Crippen LogP contribution in [0, 0.1) is 0 Å². The lowest BCUT2D eigenvalue weighted by atomic mass is 10.1. The van der Waals surface area contributed by atoms with Crippen molar-refractivity contribution in [1.82, 2.24) is 19.9 Å². The van der Waals surface area contributed by atoms with Crippen LogP contribution in [0.5, 0.6) is 0 Å². The second-order valence-corrected chi connectivity index (χ2v) is 5.21. The maximum absolute atomic E-state index is 5.74. The lowest BCUT2D eigenvalue weighted by molar-refractivity contribution is 0.330. The molecule has 0 amide bonds. The van der Waals surface area contributed by atoms with Crippen LogP contribution >= 0.6 is 0 Å². The van der Waals surface area contributed by atoms with Gasteiger partial charge in [0.25, 0.3) is 0 Å². The van der Waals surface area contributed by atoms with Crippen molar-refractivity contribution in [3.8, 4) is 0 Å². The molecule has 3 rings (SSSR count). The van der Waals surface area contributed by atoms with Crippen LogP contribution in [0.3, 0.4) is 0 Å². The number of nitrogens with zero attached hydrogens (tertiary/aromatic N) is 4. The summed E-state index contributed by atoms with van der Waals surface area (Å²) in [5.41, 5.74) is 8.68. The number of aromatic nitrogens is 3. The van der Waals surface area contributed by atoms with Gasteiger partial charge in [0.1, 0.15) is 0 Å². The minimum absolute atomic E-state index is 0.647. The second kappa shape index (κ2) is 6.45. The molecule has 0 unspecified atom stereocenters. The summed E-state index contributed by atoms with van der Waals surface area (Å²) in [6.45, 7) is 3.27. The van der Waals surface area contributed by atoms with E-state index < -0.39 is 0 Å². The summed E-state index contributed by atoms with van der Waals surface area (Å²) in [6, 6.07) is 3.81. The number of nitrogens with two attached hydrogens (primary N) is 1. The molecule has 0 radical (unpaired) electrons. The van der Waals surface area contributed by atoms with Crippen LogP contribution in [-0.4, -0.2) is 32.9 Å². The molecule has 0 spiro atoms. The number of rotatable bonds is 4. The van der Waals surface area contributed by atoms with Gasteiger partial charge < -0.3 is 5.73 Å². The third-order valence-corrected chi connectivity index (χ3v) is 3.71. The van der Waals surface area contributed by atoms with E-state index in [-0.39, 0.29) is 0 Å². The molecule has 0 aliphatic carbocycles. The van der Waals surface area contributed by atoms with Gasteiger partial charge in [-0.25, -0.2) is 9.97 Å². The number of likely N-dealkylation sites (tertiary alicyclic amines) is 1. The molecule has 1 saturated heterocycles. The third-order valence-electron chi connectivity index (χ3n) is 3.71. The van der Waals surface area contributed by atoms with Crippen molar-refractivity contribution in [2.75, 3.05) is 13.1 Å². The maximum atomic E-state index is 5.74. The molecule has 1 aliphatic rings. The molecule has 5 heteroatoms. The molecule has 2 aromatic rings. The van der Waals surface area contributed by atoms with E-state index in [4.69, 9.17) is 5.73 Å². The fourth-order valence-corrected chi connectivity index (χ4v) is 2.61. The lowest BCUT2D eigenvalue weighted by Gasteiger charge is -2.14. The quantitative estimate of drug-likeness (QED) is 0.925. The molecule has 0 bridgehead atoms. The molecule has 0 atom stereocenters. The van der Waals surface area contributed by atoms with Gasteiger partial charge in [0, 0.05) is 48.7 Å². The Morgan fingerprint density at radius 3 is 2.43 bits per heavy atom. The standard InChI is InChI=1S/C16H19N5/c17-9-15(14-3-5-18-6-4-14)16-19-10-13(11-20-16)12-21-7-1-2-8-21/h3-6,9-11H,1-2,7-8,12,17H2/b15-9-. The molecule has 2 N–H and O–H groups in total. The van der Waals surface area contributed by atoms with E-state index in [2.05, 4.69) is 19.9 Å². The molecule has 0 saturated carbocycles. The smallest absolute Gasteiger partial charge is 0.161 e. The van der Waals surface area contributed by atoms with E-state index in [1.54, 1.807) is 18.6 Å². The van der Waals surface area contributed by atoms with Gasteiger partial charge in [-0.15, -0.1) is 0 Å². The Morgan fingerprint density at radius 2 is 1.81 bits per heavy atom. The van der Waals surface area contributed by atoms with Crippen molar-refractivity contribution in [2.24, 2.45) is 5.73 Å². The highest BCUT2D eigenvalue weighted by Gasteiger charge is 2.13. The summed E-state index contributed by atoms with van der Waals surface area (Å²) < 4.78 is 0. The van der Waals surface area contributed by atoms with Gasteiger partial charge in [-0.3, -0.25) is 9.88 Å². The Morgan fingerprint density at radius 1 is 1.14 bits per heavy atom. The molecule has 2 aromatic heterocycles. The predicted octanol–water partition coefficient (Wildman–Crippen LogP) is 1.82. The molecule has 1 aliphatic heterocycles. The predicted molar refractivity (Wildman–Crippen MR) is 82.0 cm³/mol. The normalized spacial score (nSPS) is 16.3. The van der Waals surface area contributed by atoms with Crippen LogP contribution in [-0.2, 0) is 6.54 Å². The van der Waals surface area contributed by atoms with E-state index in [0.29, 0.717) is 5.82 Å². The first-order chi connectivity index (χ1) is 10.4. The van der Waals surface area contributed by atoms with Crippen LogP contribution in [0.25, 0.3) is 5.57 Å². The SMILES string of the molecule is N/C=C(/c1ccncc1)c1ncc(CN2CCCC2)cn1. The van der Waals surface area contributed by atoms with Crippen molar-refractivity contribution >= 4 is 5.57 Å². The highest BCUT2D eigenvalue weighted by molar-refractivity contribution is 5.75. The zero-order valence-corrected chi connectivity index (χ0v) is 11.9. The summed E-state index contributed by atoms with van der Waals surface area (Å²) >= 11 is 0. The molecule has 5 nitrogen and oxygen atoms in total. The van der Waals surface area contributed by atoms with E-state index in [1.807, 2.05) is 24.5 Å². The van der Waals surface area contributed by atoms with Crippen LogP contribution in [0.1, 0.15) is 29.8 Å². The molecule has 0 aromatic carbocycles. The Bertz CT molecular complexity index is 600. The van der Waals surface area contributed by atoms with Crippen LogP contribution in [0.15, 0.2) is 43.1 Å². The minimum atomic E-state index is 0.647. The summed E-state index contributed by atoms with van der Waals surface area (Å²) in [6.07, 6.45) is 11.4. The average Bonchev–Trinajstić information content (AvgIpc) is 3.04. The third kappa shape index (κ3) is 3.25. The summed E-state index contributed by atoms with van der Waals surface area (Å²) in [5.74, 6) is 0.647. The van der Waals surface area contributed by atoms with Crippen molar-refractivity contribution in [2.45, 2.75) is 19.4 Å². The Balaban J connectivity index is 1.76. The second-order valence-electron chi connectivity index (χ2n) is 5.21. The van der Waals surface area contributed by atoms with Gasteiger partial charge in [-0.2, -0.15) is 0 Å². The topological polar surface area (TPSA) is 67.9 Å². The number of pyridine rings is 1. The fourth-order valence-electron chi connectivity index (χ4n) is 2.61. The molecule has 108 valence electrons. The maximum Gasteiger partial charge on any atom is 0.161 e. The highest BCUT2D eigenvalue weighted by Crippen LogP contribution is 2.19. The van der Waals surface area contributed by atoms with E-state index in [1.165, 1.54) is 25.9 Å². The fraction of sp³-hybridized carbons (Fsp3) is 0.312. The molecule has 3 heterocycles. The van der Waals surface area contributed by atoms with Crippen molar-refractivity contribution in [3.63, 3.8) is 0 Å². The molecule has 1 fully saturated rings.